The van der Waals surface area contributed by atoms with Gasteiger partial charge in [-0.15, -0.1) is 0 Å². The number of nitrogens with one attached hydrogen (secondary N) is 3. The summed E-state index contributed by atoms with van der Waals surface area (Å²) in [5.74, 6) is 1.24. The lowest BCUT2D eigenvalue weighted by atomic mass is 9.91. The minimum absolute atomic E-state index is 0.0526. The van der Waals surface area contributed by atoms with E-state index in [9.17, 15) is 42.3 Å². The van der Waals surface area contributed by atoms with Crippen LogP contribution in [0.1, 0.15) is 284 Å². The normalized spacial score (nSPS) is 19.8. The number of rotatable bonds is 33. The number of sulfone groups is 1. The van der Waals surface area contributed by atoms with E-state index in [0.29, 0.717) is 74.5 Å². The number of aromatic nitrogens is 1. The van der Waals surface area contributed by atoms with Gasteiger partial charge in [0, 0.05) is 118 Å². The summed E-state index contributed by atoms with van der Waals surface area (Å²) in [6.45, 7) is 38.2. The van der Waals surface area contributed by atoms with E-state index in [2.05, 4.69) is 280 Å². The van der Waals surface area contributed by atoms with Gasteiger partial charge in [0.1, 0.15) is 6.26 Å². The molecule has 19 nitrogen and oxygen atoms in total. The molecule has 20 heteroatoms. The number of piperazine rings is 1. The first-order chi connectivity index (χ1) is 69.4. The average Bonchev–Trinajstić information content (AvgIpc) is 1.67. The van der Waals surface area contributed by atoms with Crippen LogP contribution < -0.4 is 21.7 Å². The van der Waals surface area contributed by atoms with E-state index < -0.39 is 9.84 Å². The van der Waals surface area contributed by atoms with Gasteiger partial charge in [-0.1, -0.05) is 259 Å². The number of aliphatic hydroxyl groups is 1. The minimum Gasteiger partial charge on any atom is -0.416 e. The maximum absolute atomic E-state index is 11.5. The predicted molar refractivity (Wildman–Crippen MR) is 588 cm³/mol. The lowest BCUT2D eigenvalue weighted by Gasteiger charge is -2.30. The molecule has 3 saturated heterocycles. The van der Waals surface area contributed by atoms with Crippen LogP contribution in [-0.2, 0) is 83.7 Å². The number of aliphatic hydroxyl groups excluding tert-OH is 1. The summed E-state index contributed by atoms with van der Waals surface area (Å²) < 4.78 is 29.3. The van der Waals surface area contributed by atoms with Crippen LogP contribution >= 0.6 is 0 Å². The van der Waals surface area contributed by atoms with Crippen molar-refractivity contribution in [2.24, 2.45) is 5.92 Å². The maximum Gasteiger partial charge on any atom is 0.418 e. The third-order valence-electron chi connectivity index (χ3n) is 34.1. The number of carbonyl (C=O) groups is 5. The van der Waals surface area contributed by atoms with Crippen molar-refractivity contribution in [3.8, 4) is 0 Å². The van der Waals surface area contributed by atoms with E-state index in [-0.39, 0.29) is 47.3 Å². The lowest BCUT2D eigenvalue weighted by Crippen LogP contribution is -2.48. The summed E-state index contributed by atoms with van der Waals surface area (Å²) >= 11 is 0. The fraction of sp³-hybridized carbons (Fsp3) is 0.536. The molecule has 4 N–H and O–H groups in total. The molecule has 9 aromatic rings. The number of likely N-dealkylation sites (tertiary alicyclic amines) is 1. The van der Waals surface area contributed by atoms with Crippen molar-refractivity contribution in [2.45, 2.75) is 306 Å². The third-order valence-corrected chi connectivity index (χ3v) is 35.7. The molecule has 12 aliphatic rings. The molecule has 8 aliphatic carbocycles. The van der Waals surface area contributed by atoms with Crippen LogP contribution in [0.15, 0.2) is 228 Å². The zero-order valence-corrected chi connectivity index (χ0v) is 90.6. The van der Waals surface area contributed by atoms with Gasteiger partial charge < -0.3 is 45.1 Å². The molecule has 21 rings (SSSR count). The number of nitrogens with zero attached hydrogens (tertiary/aromatic N) is 6. The molecule has 5 amide bonds. The maximum atomic E-state index is 11.5. The molecular formula is C125H169N9O10S. The van der Waals surface area contributed by atoms with Crippen molar-refractivity contribution in [3.63, 3.8) is 0 Å². The Kier molecular flexibility index (Phi) is 37.8. The van der Waals surface area contributed by atoms with Crippen LogP contribution in [0.4, 0.5) is 0 Å². The Morgan fingerprint density at radius 3 is 1.01 bits per heavy atom. The largest absolute Gasteiger partial charge is 0.418 e. The Labute approximate surface area is 867 Å². The van der Waals surface area contributed by atoms with Crippen LogP contribution in [-0.4, -0.2) is 195 Å². The molecule has 11 fully saturated rings. The average molecular weight is 1990 g/mol. The van der Waals surface area contributed by atoms with Gasteiger partial charge in [0.2, 0.25) is 29.5 Å². The quantitative estimate of drug-likeness (QED) is 0.0301. The van der Waals surface area contributed by atoms with Gasteiger partial charge in [-0.3, -0.25) is 33.4 Å². The van der Waals surface area contributed by atoms with E-state index in [1.807, 2.05) is 36.8 Å². The first-order valence-corrected chi connectivity index (χ1v) is 56.5. The van der Waals surface area contributed by atoms with E-state index in [4.69, 9.17) is 4.42 Å². The van der Waals surface area contributed by atoms with Gasteiger partial charge in [-0.05, 0) is 330 Å². The Morgan fingerprint density at radius 1 is 0.414 bits per heavy atom. The molecule has 4 aliphatic heterocycles. The highest BCUT2D eigenvalue weighted by Crippen LogP contribution is 2.57. The topological polar surface area (TPSA) is 227 Å². The molecule has 145 heavy (non-hydrogen) atoms. The van der Waals surface area contributed by atoms with Crippen LogP contribution in [0.25, 0.3) is 0 Å². The molecule has 0 bridgehead atoms. The summed E-state index contributed by atoms with van der Waals surface area (Å²) in [6.07, 6.45) is 38.0. The zero-order chi connectivity index (χ0) is 103. The number of amides is 5. The second-order valence-electron chi connectivity index (χ2n) is 45.8. The van der Waals surface area contributed by atoms with Gasteiger partial charge in [0.05, 0.1) is 24.2 Å². The number of benzene rings is 8. The van der Waals surface area contributed by atoms with Crippen LogP contribution in [0.3, 0.4) is 0 Å². The first kappa shape index (κ1) is 110. The number of piperidine rings is 1. The lowest BCUT2D eigenvalue weighted by molar-refractivity contribution is -0.128. The Hall–Kier alpha value is -10.4. The highest BCUT2D eigenvalue weighted by Gasteiger charge is 2.50. The van der Waals surface area contributed by atoms with Crippen molar-refractivity contribution in [1.29, 1.82) is 0 Å². The minimum atomic E-state index is -2.75. The number of oxazole rings is 1. The van der Waals surface area contributed by atoms with Crippen molar-refractivity contribution < 1.29 is 41.9 Å². The standard InChI is InChI=1S/C17H25NO.C16H22N2O.C16H23NO2S.C16H19NO.C16H23NO.C15H17NO2.C15H21NO.C14H19NO/c1-14-2-4-15(5-3-14)17(8-9-17)10-13-18-11-6-16(19)7-12-18;1-13-2-4-14(5-3-13)16(6-7-16)8-10-18-11-9-17-15(19)12-18;1-14-2-4-15(5-3-14)16(6-7-16)8-9-17-10-12-20(18,19)13-11-17;1-13-4-6-14(7-5-13)16(8-9-16)10-12-17-11-2-3-15(17)18;1-12(2)15(18)17-11-10-16(8-9-16)14-6-4-13(3)5-7-14;1-12-2-4-13(5-3-12)15(6-7-15)8-9-16-10-11-18-14(16)17;1-12-4-6-14(7-5-12)15(8-9-15)10-11-16(3)13(2)17;1-11-3-5-13(6-4-11)14(7-8-14)9-10-15-12(2)16/h2-5,16,19H,6-13H2,1H3;2-5H,6-12H2,1H3,(H,17,19);2-5H,6-13H2,1H3;2-7H,8-12H2,1H3;4-7,12H,8-11H2,1-3H3,(H,17,18);2-5,10-11H,6-9H2,1H3;4-7H,8-11H2,1-3H3;3-6H,7-10H2,1-2H3,(H,15,16). The number of carbonyl (C=O) groups excluding carboxylic acids is 5. The molecule has 0 spiro atoms. The number of aryl methyl sites for hydroxylation is 9. The van der Waals surface area contributed by atoms with Crippen LogP contribution in [0.5, 0.6) is 0 Å². The van der Waals surface area contributed by atoms with Crippen molar-refractivity contribution in [3.05, 3.63) is 318 Å². The van der Waals surface area contributed by atoms with E-state index in [1.54, 1.807) is 30.7 Å². The summed E-state index contributed by atoms with van der Waals surface area (Å²) in [5.41, 5.74) is 25.2. The zero-order valence-electron chi connectivity index (χ0n) is 89.8. The Morgan fingerprint density at radius 2 is 0.717 bits per heavy atom. The fourth-order valence-electron chi connectivity index (χ4n) is 21.5. The summed E-state index contributed by atoms with van der Waals surface area (Å²) in [6, 6.07) is 71.2. The smallest absolute Gasteiger partial charge is 0.416 e. The van der Waals surface area contributed by atoms with Crippen molar-refractivity contribution in [2.75, 3.05) is 117 Å². The molecule has 5 heterocycles. The van der Waals surface area contributed by atoms with E-state index in [0.717, 1.165) is 130 Å². The summed E-state index contributed by atoms with van der Waals surface area (Å²) in [5, 5.41) is 18.3. The number of hydrogen-bond acceptors (Lipinski definition) is 13. The third kappa shape index (κ3) is 32.3. The van der Waals surface area contributed by atoms with Gasteiger partial charge in [-0.25, -0.2) is 13.2 Å². The van der Waals surface area contributed by atoms with Crippen LogP contribution in [0, 0.1) is 61.3 Å². The molecule has 0 atom stereocenters. The molecule has 780 valence electrons. The van der Waals surface area contributed by atoms with Gasteiger partial charge in [-0.2, -0.15) is 0 Å². The molecule has 8 aromatic carbocycles. The molecular weight excluding hydrogens is 1820 g/mol. The SMILES string of the molecule is CC(=O)N(C)CCC1(c2ccc(C)cc2)CC1.CC(=O)NCCC1(c2ccc(C)cc2)CC1.Cc1ccc(C2(CCN3CC=CC3=O)CC2)cc1.Cc1ccc(C2(CCN3CCC(O)CC3)CC2)cc1.Cc1ccc(C2(CCN3CCNC(=O)C3)CC2)cc1.Cc1ccc(C2(CCN3CCS(=O)(=O)CC3)CC2)cc1.Cc1ccc(C2(CCNC(=O)C(C)C)CC2)cc1.Cc1ccc(C2(CCn3ccoc3=O)CC2)cc1. The molecule has 0 unspecified atom stereocenters. The monoisotopic (exact) mass is 1990 g/mol. The Bertz CT molecular complexity index is 5870. The van der Waals surface area contributed by atoms with Crippen molar-refractivity contribution >= 4 is 39.4 Å². The second kappa shape index (κ2) is 49.6. The fourth-order valence-corrected chi connectivity index (χ4v) is 22.8. The second-order valence-corrected chi connectivity index (χ2v) is 48.1. The van der Waals surface area contributed by atoms with Gasteiger partial charge in [0.25, 0.3) is 0 Å². The summed E-state index contributed by atoms with van der Waals surface area (Å²) in [7, 11) is -0.870. The van der Waals surface area contributed by atoms with Crippen LogP contribution in [0.2, 0.25) is 0 Å². The summed E-state index contributed by atoms with van der Waals surface area (Å²) in [4.78, 5) is 78.6. The van der Waals surface area contributed by atoms with E-state index >= 15 is 0 Å². The highest BCUT2D eigenvalue weighted by atomic mass is 32.2. The van der Waals surface area contributed by atoms with Gasteiger partial charge in [0.15, 0.2) is 9.84 Å². The molecule has 1 aromatic heterocycles. The number of hydrogen-bond donors (Lipinski definition) is 4. The Balaban J connectivity index is 0.000000131. The first-order valence-electron chi connectivity index (χ1n) is 54.7. The molecule has 0 radical (unpaired) electrons. The van der Waals surface area contributed by atoms with Crippen molar-refractivity contribution in [1.82, 2.24) is 45.0 Å². The molecule has 8 saturated carbocycles. The predicted octanol–water partition coefficient (Wildman–Crippen LogP) is 21.2. The van der Waals surface area contributed by atoms with E-state index in [1.165, 1.54) is 217 Å². The highest BCUT2D eigenvalue weighted by molar-refractivity contribution is 7.91. The van der Waals surface area contributed by atoms with Gasteiger partial charge >= 0.3 is 5.76 Å².